The lowest BCUT2D eigenvalue weighted by atomic mass is 10.2. The number of nitrogens with zero attached hydrogens (tertiary/aromatic N) is 2. The number of amides is 1. The first-order chi connectivity index (χ1) is 11.9. The van der Waals surface area contributed by atoms with Crippen LogP contribution in [0.2, 0.25) is 0 Å². The second-order valence-corrected chi connectivity index (χ2v) is 8.35. The van der Waals surface area contributed by atoms with Gasteiger partial charge in [0.2, 0.25) is 15.9 Å². The molecule has 1 aromatic heterocycles. The van der Waals surface area contributed by atoms with Crippen molar-refractivity contribution in [1.29, 1.82) is 0 Å². The summed E-state index contributed by atoms with van der Waals surface area (Å²) >= 11 is 1.53. The standard InChI is InChI=1S/C17H21N3O3S2/c1-14(20(25(2,22)23)15-8-4-3-5-9-15)17(21)19-12-13-24-16-10-6-7-11-18-16/h3-11,14H,12-13H2,1-2H3,(H,19,21)/t14-/m0/s1. The molecule has 2 rings (SSSR count). The topological polar surface area (TPSA) is 79.4 Å². The first-order valence-electron chi connectivity index (χ1n) is 7.75. The van der Waals surface area contributed by atoms with Crippen LogP contribution >= 0.6 is 11.8 Å². The largest absolute Gasteiger partial charge is 0.353 e. The number of aromatic nitrogens is 1. The number of sulfonamides is 1. The fourth-order valence-corrected chi connectivity index (χ4v) is 4.19. The monoisotopic (exact) mass is 379 g/mol. The molecular formula is C17H21N3O3S2. The van der Waals surface area contributed by atoms with Gasteiger partial charge in [0.25, 0.3) is 0 Å². The van der Waals surface area contributed by atoms with Crippen LogP contribution in [0.5, 0.6) is 0 Å². The van der Waals surface area contributed by atoms with Crippen LogP contribution in [0.1, 0.15) is 6.92 Å². The van der Waals surface area contributed by atoms with Crippen LogP contribution in [0.4, 0.5) is 5.69 Å². The Balaban J connectivity index is 1.94. The molecule has 1 N–H and O–H groups in total. The van der Waals surface area contributed by atoms with Crippen LogP contribution in [-0.4, -0.2) is 43.9 Å². The Kier molecular flexibility index (Phi) is 6.83. The van der Waals surface area contributed by atoms with E-state index in [9.17, 15) is 13.2 Å². The molecular weight excluding hydrogens is 358 g/mol. The summed E-state index contributed by atoms with van der Waals surface area (Å²) in [6.45, 7) is 2.01. The maximum atomic E-state index is 12.4. The van der Waals surface area contributed by atoms with E-state index in [1.807, 2.05) is 18.2 Å². The van der Waals surface area contributed by atoms with Gasteiger partial charge in [0.05, 0.1) is 17.0 Å². The highest BCUT2D eigenvalue weighted by molar-refractivity contribution is 7.99. The molecule has 0 aliphatic heterocycles. The molecule has 0 aliphatic carbocycles. The lowest BCUT2D eigenvalue weighted by Gasteiger charge is -2.28. The van der Waals surface area contributed by atoms with Crippen molar-refractivity contribution in [3.8, 4) is 0 Å². The highest BCUT2D eigenvalue weighted by Gasteiger charge is 2.28. The summed E-state index contributed by atoms with van der Waals surface area (Å²) in [5.41, 5.74) is 0.468. The van der Waals surface area contributed by atoms with Crippen molar-refractivity contribution in [2.24, 2.45) is 0 Å². The number of thioether (sulfide) groups is 1. The van der Waals surface area contributed by atoms with Gasteiger partial charge in [0.1, 0.15) is 6.04 Å². The van der Waals surface area contributed by atoms with Crippen molar-refractivity contribution < 1.29 is 13.2 Å². The SMILES string of the molecule is C[C@@H](C(=O)NCCSc1ccccn1)N(c1ccccc1)S(C)(=O)=O. The number of para-hydroxylation sites is 1. The molecule has 1 atom stereocenters. The third-order valence-corrected chi connectivity index (χ3v) is 5.58. The van der Waals surface area contributed by atoms with Crippen LogP contribution < -0.4 is 9.62 Å². The van der Waals surface area contributed by atoms with E-state index in [0.717, 1.165) is 15.6 Å². The van der Waals surface area contributed by atoms with Gasteiger partial charge >= 0.3 is 0 Å². The zero-order valence-corrected chi connectivity index (χ0v) is 15.8. The van der Waals surface area contributed by atoms with Gasteiger partial charge < -0.3 is 5.32 Å². The number of nitrogens with one attached hydrogen (secondary N) is 1. The second-order valence-electron chi connectivity index (χ2n) is 5.38. The Morgan fingerprint density at radius 1 is 1.20 bits per heavy atom. The number of hydrogen-bond donors (Lipinski definition) is 1. The smallest absolute Gasteiger partial charge is 0.243 e. The number of anilines is 1. The molecule has 0 spiro atoms. The van der Waals surface area contributed by atoms with E-state index in [4.69, 9.17) is 0 Å². The minimum absolute atomic E-state index is 0.337. The summed E-state index contributed by atoms with van der Waals surface area (Å²) in [6.07, 6.45) is 2.81. The molecule has 0 saturated heterocycles. The Morgan fingerprint density at radius 3 is 2.48 bits per heavy atom. The molecule has 1 amide bonds. The van der Waals surface area contributed by atoms with Crippen LogP contribution in [0, 0.1) is 0 Å². The summed E-state index contributed by atoms with van der Waals surface area (Å²) in [5.74, 6) is 0.315. The second kappa shape index (κ2) is 8.87. The van der Waals surface area contributed by atoms with E-state index in [2.05, 4.69) is 10.3 Å². The quantitative estimate of drug-likeness (QED) is 0.562. The molecule has 6 nitrogen and oxygen atoms in total. The Labute approximate surface area is 152 Å². The molecule has 0 saturated carbocycles. The van der Waals surface area contributed by atoms with Crippen molar-refractivity contribution >= 4 is 33.4 Å². The van der Waals surface area contributed by atoms with E-state index in [1.165, 1.54) is 11.8 Å². The van der Waals surface area contributed by atoms with E-state index in [-0.39, 0.29) is 5.91 Å². The van der Waals surface area contributed by atoms with Gasteiger partial charge in [-0.15, -0.1) is 11.8 Å². The van der Waals surface area contributed by atoms with Gasteiger partial charge in [-0.25, -0.2) is 13.4 Å². The fraction of sp³-hybridized carbons (Fsp3) is 0.294. The first kappa shape index (κ1) is 19.3. The van der Waals surface area contributed by atoms with Gasteiger partial charge in [0.15, 0.2) is 0 Å². The zero-order chi connectivity index (χ0) is 18.3. The maximum absolute atomic E-state index is 12.4. The normalized spacial score (nSPS) is 12.4. The zero-order valence-electron chi connectivity index (χ0n) is 14.1. The molecule has 1 heterocycles. The fourth-order valence-electron chi connectivity index (χ4n) is 2.29. The lowest BCUT2D eigenvalue weighted by Crippen LogP contribution is -2.48. The van der Waals surface area contributed by atoms with Crippen molar-refractivity contribution in [2.45, 2.75) is 18.0 Å². The van der Waals surface area contributed by atoms with Crippen molar-refractivity contribution in [3.05, 3.63) is 54.7 Å². The predicted molar refractivity (Wildman–Crippen MR) is 101 cm³/mol. The third-order valence-electron chi connectivity index (χ3n) is 3.39. The van der Waals surface area contributed by atoms with Gasteiger partial charge in [-0.05, 0) is 31.2 Å². The number of carbonyl (C=O) groups is 1. The molecule has 134 valence electrons. The van der Waals surface area contributed by atoms with E-state index < -0.39 is 16.1 Å². The summed E-state index contributed by atoms with van der Waals surface area (Å²) in [4.78, 5) is 16.6. The highest BCUT2D eigenvalue weighted by atomic mass is 32.2. The van der Waals surface area contributed by atoms with Crippen LogP contribution in [0.25, 0.3) is 0 Å². The molecule has 8 heteroatoms. The molecule has 0 unspecified atom stereocenters. The van der Waals surface area contributed by atoms with Crippen LogP contribution in [-0.2, 0) is 14.8 Å². The molecule has 0 radical (unpaired) electrons. The Bertz CT molecular complexity index is 783. The average molecular weight is 380 g/mol. The van der Waals surface area contributed by atoms with Gasteiger partial charge in [0, 0.05) is 18.5 Å². The molecule has 0 aliphatic rings. The Hall–Kier alpha value is -2.06. The predicted octanol–water partition coefficient (Wildman–Crippen LogP) is 2.14. The van der Waals surface area contributed by atoms with Gasteiger partial charge in [-0.2, -0.15) is 0 Å². The number of carbonyl (C=O) groups excluding carboxylic acids is 1. The van der Waals surface area contributed by atoms with Crippen molar-refractivity contribution in [1.82, 2.24) is 10.3 Å². The number of pyridine rings is 1. The molecule has 2 aromatic rings. The third kappa shape index (κ3) is 5.75. The van der Waals surface area contributed by atoms with Gasteiger partial charge in [-0.1, -0.05) is 24.3 Å². The van der Waals surface area contributed by atoms with Crippen LogP contribution in [0.15, 0.2) is 59.8 Å². The average Bonchev–Trinajstić information content (AvgIpc) is 2.59. The lowest BCUT2D eigenvalue weighted by molar-refractivity contribution is -0.121. The van der Waals surface area contributed by atoms with E-state index in [0.29, 0.717) is 18.0 Å². The first-order valence-corrected chi connectivity index (χ1v) is 10.6. The van der Waals surface area contributed by atoms with Crippen LogP contribution in [0.3, 0.4) is 0 Å². The molecule has 1 aromatic carbocycles. The highest BCUT2D eigenvalue weighted by Crippen LogP contribution is 2.20. The number of benzene rings is 1. The maximum Gasteiger partial charge on any atom is 0.243 e. The molecule has 25 heavy (non-hydrogen) atoms. The summed E-state index contributed by atoms with van der Waals surface area (Å²) in [6, 6.07) is 13.4. The minimum Gasteiger partial charge on any atom is -0.353 e. The minimum atomic E-state index is -3.58. The number of rotatable bonds is 8. The summed E-state index contributed by atoms with van der Waals surface area (Å²) in [5, 5.41) is 3.66. The number of hydrogen-bond acceptors (Lipinski definition) is 5. The molecule has 0 bridgehead atoms. The summed E-state index contributed by atoms with van der Waals surface area (Å²) < 4.78 is 25.4. The summed E-state index contributed by atoms with van der Waals surface area (Å²) in [7, 11) is -3.58. The molecule has 0 fully saturated rings. The van der Waals surface area contributed by atoms with Crippen molar-refractivity contribution in [3.63, 3.8) is 0 Å². The van der Waals surface area contributed by atoms with E-state index in [1.54, 1.807) is 43.5 Å². The van der Waals surface area contributed by atoms with Crippen molar-refractivity contribution in [2.75, 3.05) is 22.9 Å². The van der Waals surface area contributed by atoms with Gasteiger partial charge in [-0.3, -0.25) is 9.10 Å². The van der Waals surface area contributed by atoms with E-state index >= 15 is 0 Å². The Morgan fingerprint density at radius 2 is 1.88 bits per heavy atom.